The predicted molar refractivity (Wildman–Crippen MR) is 81.0 cm³/mol. The summed E-state index contributed by atoms with van der Waals surface area (Å²) in [5.74, 6) is -0.554. The fraction of sp³-hybridized carbons (Fsp3) is 0.875. The van der Waals surface area contributed by atoms with Gasteiger partial charge in [0.25, 0.3) is 0 Å². The molecular weight excluding hydrogens is 272 g/mol. The molecule has 124 valence electrons. The van der Waals surface area contributed by atoms with Gasteiger partial charge < -0.3 is 14.2 Å². The summed E-state index contributed by atoms with van der Waals surface area (Å²) in [6, 6.07) is 0. The van der Waals surface area contributed by atoms with E-state index in [-0.39, 0.29) is 36.5 Å². The van der Waals surface area contributed by atoms with Crippen molar-refractivity contribution in [3.8, 4) is 0 Å². The molecule has 0 aliphatic heterocycles. The molecular formula is C16H30O5. The lowest BCUT2D eigenvalue weighted by molar-refractivity contribution is -0.154. The number of ether oxygens (including phenoxy) is 3. The largest absolute Gasteiger partial charge is 0.466 e. The van der Waals surface area contributed by atoms with Gasteiger partial charge in [0.15, 0.2) is 0 Å². The third-order valence-corrected chi connectivity index (χ3v) is 2.61. The molecule has 0 saturated carbocycles. The Morgan fingerprint density at radius 2 is 1.67 bits per heavy atom. The van der Waals surface area contributed by atoms with Crippen molar-refractivity contribution >= 4 is 11.9 Å². The van der Waals surface area contributed by atoms with Crippen LogP contribution in [0.1, 0.15) is 66.7 Å². The lowest BCUT2D eigenvalue weighted by Crippen LogP contribution is -2.27. The first-order valence-electron chi connectivity index (χ1n) is 7.73. The summed E-state index contributed by atoms with van der Waals surface area (Å²) in [5.41, 5.74) is -0.247. The number of carbonyl (C=O) groups is 2. The minimum Gasteiger partial charge on any atom is -0.466 e. The lowest BCUT2D eigenvalue weighted by atomic mass is 10.2. The number of hydrogen-bond acceptors (Lipinski definition) is 5. The summed E-state index contributed by atoms with van der Waals surface area (Å²) >= 11 is 0. The first kappa shape index (κ1) is 19.9. The summed E-state index contributed by atoms with van der Waals surface area (Å²) in [5, 5.41) is 0. The highest BCUT2D eigenvalue weighted by Crippen LogP contribution is 2.09. The van der Waals surface area contributed by atoms with E-state index in [2.05, 4.69) is 0 Å². The fourth-order valence-electron chi connectivity index (χ4n) is 1.46. The topological polar surface area (TPSA) is 61.8 Å². The maximum Gasteiger partial charge on any atom is 0.306 e. The van der Waals surface area contributed by atoms with E-state index < -0.39 is 0 Å². The van der Waals surface area contributed by atoms with Crippen LogP contribution in [0.25, 0.3) is 0 Å². The average Bonchev–Trinajstić information content (AvgIpc) is 2.36. The Hall–Kier alpha value is -1.10. The van der Waals surface area contributed by atoms with Gasteiger partial charge in [-0.25, -0.2) is 0 Å². The number of rotatable bonds is 10. The maximum absolute atomic E-state index is 11.6. The van der Waals surface area contributed by atoms with Crippen LogP contribution in [-0.4, -0.2) is 36.9 Å². The van der Waals surface area contributed by atoms with E-state index in [1.165, 1.54) is 0 Å². The van der Waals surface area contributed by atoms with Crippen molar-refractivity contribution in [3.05, 3.63) is 0 Å². The Morgan fingerprint density at radius 1 is 1.05 bits per heavy atom. The van der Waals surface area contributed by atoms with E-state index in [0.29, 0.717) is 19.6 Å². The molecule has 0 radical (unpaired) electrons. The molecule has 0 amide bonds. The molecule has 0 heterocycles. The van der Waals surface area contributed by atoms with Gasteiger partial charge in [0.2, 0.25) is 0 Å². The van der Waals surface area contributed by atoms with Gasteiger partial charge in [-0.15, -0.1) is 0 Å². The van der Waals surface area contributed by atoms with Crippen molar-refractivity contribution in [3.63, 3.8) is 0 Å². The molecule has 0 bridgehead atoms. The van der Waals surface area contributed by atoms with Crippen molar-refractivity contribution in [1.29, 1.82) is 0 Å². The second-order valence-electron chi connectivity index (χ2n) is 6.15. The van der Waals surface area contributed by atoms with Crippen LogP contribution >= 0.6 is 0 Å². The molecule has 5 nitrogen and oxygen atoms in total. The van der Waals surface area contributed by atoms with Crippen LogP contribution in [0.2, 0.25) is 0 Å². The SMILES string of the molecule is CCCCOC(=O)CCCC(=O)OC(C)COC(C)(C)C. The predicted octanol–water partition coefficient (Wildman–Crippen LogP) is 3.25. The average molecular weight is 302 g/mol. The van der Waals surface area contributed by atoms with Crippen LogP contribution in [0.5, 0.6) is 0 Å². The quantitative estimate of drug-likeness (QED) is 0.458. The first-order valence-corrected chi connectivity index (χ1v) is 7.73. The van der Waals surface area contributed by atoms with Crippen LogP contribution in [0, 0.1) is 0 Å². The van der Waals surface area contributed by atoms with Crippen LogP contribution in [0.4, 0.5) is 0 Å². The molecule has 0 aromatic carbocycles. The molecule has 0 aliphatic rings. The molecule has 0 rings (SSSR count). The van der Waals surface area contributed by atoms with Crippen molar-refractivity contribution < 1.29 is 23.8 Å². The van der Waals surface area contributed by atoms with E-state index in [1.54, 1.807) is 6.92 Å². The van der Waals surface area contributed by atoms with Gasteiger partial charge in [0.1, 0.15) is 6.10 Å². The zero-order valence-corrected chi connectivity index (χ0v) is 14.1. The van der Waals surface area contributed by atoms with E-state index in [9.17, 15) is 9.59 Å². The van der Waals surface area contributed by atoms with Crippen molar-refractivity contribution in [2.45, 2.75) is 78.4 Å². The number of carbonyl (C=O) groups excluding carboxylic acids is 2. The number of esters is 2. The fourth-order valence-corrected chi connectivity index (χ4v) is 1.46. The third-order valence-electron chi connectivity index (χ3n) is 2.61. The Morgan fingerprint density at radius 3 is 2.24 bits per heavy atom. The second kappa shape index (κ2) is 10.6. The van der Waals surface area contributed by atoms with Gasteiger partial charge in [-0.1, -0.05) is 13.3 Å². The normalized spacial score (nSPS) is 12.8. The summed E-state index contributed by atoms with van der Waals surface area (Å²) in [6.07, 6.45) is 2.52. The van der Waals surface area contributed by atoms with Crippen molar-refractivity contribution in [2.24, 2.45) is 0 Å². The molecule has 0 aliphatic carbocycles. The van der Waals surface area contributed by atoms with E-state index in [4.69, 9.17) is 14.2 Å². The summed E-state index contributed by atoms with van der Waals surface area (Å²) in [6.45, 7) is 10.5. The number of hydrogen-bond donors (Lipinski definition) is 0. The summed E-state index contributed by atoms with van der Waals surface area (Å²) < 4.78 is 15.8. The van der Waals surface area contributed by atoms with Gasteiger partial charge in [-0.05, 0) is 40.5 Å². The Labute approximate surface area is 128 Å². The van der Waals surface area contributed by atoms with Crippen LogP contribution in [0.3, 0.4) is 0 Å². The zero-order chi connectivity index (χ0) is 16.3. The van der Waals surface area contributed by atoms with Crippen LogP contribution in [0.15, 0.2) is 0 Å². The number of unbranched alkanes of at least 4 members (excludes halogenated alkanes) is 1. The molecule has 5 heteroatoms. The molecule has 1 atom stereocenters. The van der Waals surface area contributed by atoms with Crippen LogP contribution < -0.4 is 0 Å². The molecule has 0 fully saturated rings. The highest BCUT2D eigenvalue weighted by molar-refractivity contribution is 5.72. The molecule has 0 aromatic rings. The Kier molecular flexibility index (Phi) is 10.0. The zero-order valence-electron chi connectivity index (χ0n) is 14.1. The van der Waals surface area contributed by atoms with Gasteiger partial charge in [-0.2, -0.15) is 0 Å². The molecule has 0 N–H and O–H groups in total. The van der Waals surface area contributed by atoms with Gasteiger partial charge >= 0.3 is 11.9 Å². The summed E-state index contributed by atoms with van der Waals surface area (Å²) in [7, 11) is 0. The van der Waals surface area contributed by atoms with E-state index >= 15 is 0 Å². The van der Waals surface area contributed by atoms with Crippen molar-refractivity contribution in [1.82, 2.24) is 0 Å². The smallest absolute Gasteiger partial charge is 0.306 e. The lowest BCUT2D eigenvalue weighted by Gasteiger charge is -2.22. The monoisotopic (exact) mass is 302 g/mol. The molecule has 0 spiro atoms. The maximum atomic E-state index is 11.6. The highest BCUT2D eigenvalue weighted by atomic mass is 16.6. The van der Waals surface area contributed by atoms with E-state index in [0.717, 1.165) is 12.8 Å². The Balaban J connectivity index is 3.68. The van der Waals surface area contributed by atoms with Crippen LogP contribution in [-0.2, 0) is 23.8 Å². The van der Waals surface area contributed by atoms with E-state index in [1.807, 2.05) is 27.7 Å². The van der Waals surface area contributed by atoms with Crippen molar-refractivity contribution in [2.75, 3.05) is 13.2 Å². The van der Waals surface area contributed by atoms with Gasteiger partial charge in [0.05, 0.1) is 18.8 Å². The highest BCUT2D eigenvalue weighted by Gasteiger charge is 2.15. The molecule has 0 saturated heterocycles. The van der Waals surface area contributed by atoms with Gasteiger partial charge in [0, 0.05) is 12.8 Å². The van der Waals surface area contributed by atoms with Gasteiger partial charge in [-0.3, -0.25) is 9.59 Å². The minimum atomic E-state index is -0.304. The first-order chi connectivity index (χ1) is 9.74. The molecule has 21 heavy (non-hydrogen) atoms. The third kappa shape index (κ3) is 13.6. The molecule has 1 unspecified atom stereocenters. The molecule has 0 aromatic heterocycles. The summed E-state index contributed by atoms with van der Waals surface area (Å²) in [4.78, 5) is 22.9. The second-order valence-corrected chi connectivity index (χ2v) is 6.15. The standard InChI is InChI=1S/C16H30O5/c1-6-7-11-19-14(17)9-8-10-15(18)21-13(2)12-20-16(3,4)5/h13H,6-12H2,1-5H3. The minimum absolute atomic E-state index is 0.225. The Bertz CT molecular complexity index is 306.